The normalized spacial score (nSPS) is 12.2. The molecule has 0 atom stereocenters. The van der Waals surface area contributed by atoms with Crippen LogP contribution in [0.5, 0.6) is 23.0 Å². The van der Waals surface area contributed by atoms with Gasteiger partial charge in [-0.25, -0.2) is 0 Å². The zero-order valence-corrected chi connectivity index (χ0v) is 11.7. The molecule has 0 aromatic heterocycles. The number of ether oxygens (including phenoxy) is 2. The van der Waals surface area contributed by atoms with E-state index in [4.69, 9.17) is 9.47 Å². The molecule has 1 amide bonds. The van der Waals surface area contributed by atoms with Crippen molar-refractivity contribution >= 4 is 11.6 Å². The van der Waals surface area contributed by atoms with Gasteiger partial charge < -0.3 is 25.0 Å². The number of para-hydroxylation sites is 1. The molecule has 0 fully saturated rings. The molecule has 3 N–H and O–H groups in total. The highest BCUT2D eigenvalue weighted by molar-refractivity contribution is 5.94. The third-order valence-corrected chi connectivity index (χ3v) is 3.36. The smallest absolute Gasteiger partial charge is 0.231 e. The number of hydrogen-bond acceptors (Lipinski definition) is 5. The maximum atomic E-state index is 11.9. The van der Waals surface area contributed by atoms with Crippen LogP contribution < -0.4 is 14.8 Å². The fourth-order valence-corrected chi connectivity index (χ4v) is 2.21. The van der Waals surface area contributed by atoms with E-state index in [0.29, 0.717) is 17.9 Å². The first kappa shape index (κ1) is 14.1. The highest BCUT2D eigenvalue weighted by Crippen LogP contribution is 2.34. The second-order valence-corrected chi connectivity index (χ2v) is 4.91. The van der Waals surface area contributed by atoms with Crippen molar-refractivity contribution in [1.82, 2.24) is 0 Å². The Balaban J connectivity index is 1.61. The molecule has 22 heavy (non-hydrogen) atoms. The molecule has 0 saturated carbocycles. The number of amides is 1. The molecule has 0 spiro atoms. The first-order valence-corrected chi connectivity index (χ1v) is 6.83. The highest BCUT2D eigenvalue weighted by Gasteiger charge is 2.14. The van der Waals surface area contributed by atoms with Crippen LogP contribution in [0.15, 0.2) is 36.4 Å². The summed E-state index contributed by atoms with van der Waals surface area (Å²) in [4.78, 5) is 11.9. The molecular formula is C16H15NO5. The zero-order chi connectivity index (χ0) is 15.5. The van der Waals surface area contributed by atoms with Gasteiger partial charge >= 0.3 is 0 Å². The average Bonchev–Trinajstić information content (AvgIpc) is 2.96. The van der Waals surface area contributed by atoms with E-state index >= 15 is 0 Å². The predicted octanol–water partition coefficient (Wildman–Crippen LogP) is 2.40. The number of aromatic hydroxyl groups is 2. The van der Waals surface area contributed by atoms with Crippen molar-refractivity contribution in [2.45, 2.75) is 12.8 Å². The summed E-state index contributed by atoms with van der Waals surface area (Å²) in [5.74, 6) is 0.742. The second kappa shape index (κ2) is 5.85. The lowest BCUT2D eigenvalue weighted by Gasteiger charge is -2.09. The van der Waals surface area contributed by atoms with Crippen LogP contribution in [0.3, 0.4) is 0 Å². The Morgan fingerprint density at radius 2 is 1.82 bits per heavy atom. The van der Waals surface area contributed by atoms with Crippen molar-refractivity contribution in [3.63, 3.8) is 0 Å². The Hall–Kier alpha value is -2.89. The topological polar surface area (TPSA) is 88.0 Å². The number of nitrogens with one attached hydrogen (secondary N) is 1. The van der Waals surface area contributed by atoms with Gasteiger partial charge in [0.2, 0.25) is 12.7 Å². The van der Waals surface area contributed by atoms with Gasteiger partial charge in [-0.05, 0) is 36.2 Å². The molecular weight excluding hydrogens is 286 g/mol. The fourth-order valence-electron chi connectivity index (χ4n) is 2.21. The summed E-state index contributed by atoms with van der Waals surface area (Å²) in [6.45, 7) is 0.214. The largest absolute Gasteiger partial charge is 0.506 e. The number of carbonyl (C=O) groups excluding carboxylic acids is 1. The van der Waals surface area contributed by atoms with Crippen LogP contribution in [-0.2, 0) is 11.2 Å². The molecule has 0 radical (unpaired) electrons. The van der Waals surface area contributed by atoms with Gasteiger partial charge in [0.25, 0.3) is 0 Å². The summed E-state index contributed by atoms with van der Waals surface area (Å²) in [7, 11) is 0. The summed E-state index contributed by atoms with van der Waals surface area (Å²) in [6, 6.07) is 9.81. The van der Waals surface area contributed by atoms with Crippen LogP contribution in [0.2, 0.25) is 0 Å². The molecule has 3 rings (SSSR count). The van der Waals surface area contributed by atoms with Crippen LogP contribution in [0.4, 0.5) is 5.69 Å². The number of rotatable bonds is 4. The molecule has 0 saturated heterocycles. The Labute approximate surface area is 126 Å². The number of phenolic OH excluding ortho intramolecular Hbond substituents is 2. The minimum absolute atomic E-state index is 0.0261. The lowest BCUT2D eigenvalue weighted by atomic mass is 10.1. The summed E-state index contributed by atoms with van der Waals surface area (Å²) in [5, 5.41) is 21.8. The number of anilines is 1. The third-order valence-electron chi connectivity index (χ3n) is 3.36. The zero-order valence-electron chi connectivity index (χ0n) is 11.7. The summed E-state index contributed by atoms with van der Waals surface area (Å²) >= 11 is 0. The molecule has 6 heteroatoms. The van der Waals surface area contributed by atoms with Gasteiger partial charge in [-0.1, -0.05) is 12.1 Å². The molecule has 1 aliphatic rings. The van der Waals surface area contributed by atoms with Crippen LogP contribution >= 0.6 is 0 Å². The Morgan fingerprint density at radius 1 is 1.09 bits per heavy atom. The fraction of sp³-hybridized carbons (Fsp3) is 0.188. The quantitative estimate of drug-likeness (QED) is 0.755. The van der Waals surface area contributed by atoms with Gasteiger partial charge in [0.05, 0.1) is 0 Å². The number of fused-ring (bicyclic) bond motifs is 1. The van der Waals surface area contributed by atoms with Crippen LogP contribution in [0.1, 0.15) is 12.0 Å². The van der Waals surface area contributed by atoms with E-state index in [2.05, 4.69) is 5.32 Å². The first-order valence-electron chi connectivity index (χ1n) is 6.83. The third kappa shape index (κ3) is 2.90. The number of hydrogen-bond donors (Lipinski definition) is 3. The molecule has 0 unspecified atom stereocenters. The Bertz CT molecular complexity index is 693. The van der Waals surface area contributed by atoms with E-state index in [0.717, 1.165) is 5.56 Å². The minimum Gasteiger partial charge on any atom is -0.506 e. The van der Waals surface area contributed by atoms with E-state index in [9.17, 15) is 15.0 Å². The van der Waals surface area contributed by atoms with Gasteiger partial charge in [0.1, 0.15) is 17.2 Å². The highest BCUT2D eigenvalue weighted by atomic mass is 16.7. The molecule has 114 valence electrons. The van der Waals surface area contributed by atoms with Crippen LogP contribution in [0, 0.1) is 0 Å². The molecule has 2 aromatic rings. The number of aryl methyl sites for hydroxylation is 1. The Morgan fingerprint density at radius 3 is 2.59 bits per heavy atom. The van der Waals surface area contributed by atoms with Gasteiger partial charge in [-0.2, -0.15) is 0 Å². The molecule has 6 nitrogen and oxygen atoms in total. The van der Waals surface area contributed by atoms with Crippen molar-refractivity contribution < 1.29 is 24.5 Å². The van der Waals surface area contributed by atoms with Gasteiger partial charge in [0.15, 0.2) is 11.5 Å². The van der Waals surface area contributed by atoms with E-state index in [1.807, 2.05) is 18.2 Å². The molecule has 1 aliphatic heterocycles. The van der Waals surface area contributed by atoms with E-state index in [-0.39, 0.29) is 36.3 Å². The molecule has 0 aliphatic carbocycles. The Kier molecular flexibility index (Phi) is 3.74. The van der Waals surface area contributed by atoms with Gasteiger partial charge in [-0.15, -0.1) is 0 Å². The van der Waals surface area contributed by atoms with Crippen LogP contribution in [0.25, 0.3) is 0 Å². The first-order chi connectivity index (χ1) is 10.6. The molecule has 1 heterocycles. The van der Waals surface area contributed by atoms with Crippen molar-refractivity contribution in [2.24, 2.45) is 0 Å². The van der Waals surface area contributed by atoms with Crippen molar-refractivity contribution in [3.8, 4) is 23.0 Å². The molecule has 2 aromatic carbocycles. The van der Waals surface area contributed by atoms with Gasteiger partial charge in [-0.3, -0.25) is 4.79 Å². The summed E-state index contributed by atoms with van der Waals surface area (Å²) < 4.78 is 10.5. The predicted molar refractivity (Wildman–Crippen MR) is 79.3 cm³/mol. The molecule has 0 bridgehead atoms. The summed E-state index contributed by atoms with van der Waals surface area (Å²) in [5.41, 5.74) is 0.971. The average molecular weight is 301 g/mol. The van der Waals surface area contributed by atoms with Crippen molar-refractivity contribution in [2.75, 3.05) is 12.1 Å². The second-order valence-electron chi connectivity index (χ2n) is 4.91. The summed E-state index contributed by atoms with van der Waals surface area (Å²) in [6.07, 6.45) is 0.726. The van der Waals surface area contributed by atoms with Crippen LogP contribution in [-0.4, -0.2) is 22.9 Å². The van der Waals surface area contributed by atoms with Crippen molar-refractivity contribution in [3.05, 3.63) is 42.0 Å². The van der Waals surface area contributed by atoms with Gasteiger partial charge in [0, 0.05) is 6.42 Å². The number of phenols is 2. The maximum Gasteiger partial charge on any atom is 0.231 e. The van der Waals surface area contributed by atoms with Crippen molar-refractivity contribution in [1.29, 1.82) is 0 Å². The maximum absolute atomic E-state index is 11.9. The standard InChI is InChI=1S/C16H15NO5/c18-11-2-1-3-12(19)16(11)17-15(20)7-5-10-4-6-13-14(8-10)22-9-21-13/h1-4,6,8,18-19H,5,7,9H2,(H,17,20). The monoisotopic (exact) mass is 301 g/mol. The van der Waals surface area contributed by atoms with E-state index in [1.165, 1.54) is 18.2 Å². The minimum atomic E-state index is -0.297. The lowest BCUT2D eigenvalue weighted by molar-refractivity contribution is -0.116. The number of benzene rings is 2. The van der Waals surface area contributed by atoms with E-state index in [1.54, 1.807) is 0 Å². The SMILES string of the molecule is O=C(CCc1ccc2c(c1)OCO2)Nc1c(O)cccc1O. The van der Waals surface area contributed by atoms with E-state index < -0.39 is 0 Å². The number of carbonyl (C=O) groups is 1. The lowest BCUT2D eigenvalue weighted by Crippen LogP contribution is -2.12.